The summed E-state index contributed by atoms with van der Waals surface area (Å²) < 4.78 is 0. The van der Waals surface area contributed by atoms with Gasteiger partial charge in [0.15, 0.2) is 0 Å². The lowest BCUT2D eigenvalue weighted by molar-refractivity contribution is 0.0999. The third-order valence-corrected chi connectivity index (χ3v) is 4.23. The van der Waals surface area contributed by atoms with Crippen LogP contribution in [0.1, 0.15) is 36.7 Å². The molecule has 0 saturated heterocycles. The summed E-state index contributed by atoms with van der Waals surface area (Å²) in [7, 11) is 0. The Kier molecular flexibility index (Phi) is 4.71. The summed E-state index contributed by atoms with van der Waals surface area (Å²) >= 11 is 0. The molecule has 0 radical (unpaired) electrons. The van der Waals surface area contributed by atoms with Gasteiger partial charge in [0.05, 0.1) is 0 Å². The van der Waals surface area contributed by atoms with Gasteiger partial charge in [0.25, 0.3) is 5.91 Å². The summed E-state index contributed by atoms with van der Waals surface area (Å²) in [5.41, 5.74) is 3.69. The van der Waals surface area contributed by atoms with E-state index in [0.29, 0.717) is 5.56 Å². The third-order valence-electron chi connectivity index (χ3n) is 4.23. The molecule has 0 aliphatic rings. The van der Waals surface area contributed by atoms with Crippen LogP contribution in [0.25, 0.3) is 0 Å². The van der Waals surface area contributed by atoms with Gasteiger partial charge in [0.2, 0.25) is 0 Å². The van der Waals surface area contributed by atoms with E-state index in [9.17, 15) is 4.79 Å². The fourth-order valence-electron chi connectivity index (χ4n) is 2.78. The van der Waals surface area contributed by atoms with Crippen molar-refractivity contribution in [2.45, 2.75) is 26.2 Å². The molecule has 0 aromatic heterocycles. The van der Waals surface area contributed by atoms with Crippen LogP contribution in [-0.2, 0) is 5.41 Å². The van der Waals surface area contributed by atoms with Gasteiger partial charge in [-0.2, -0.15) is 0 Å². The third kappa shape index (κ3) is 3.80. The predicted molar refractivity (Wildman–Crippen MR) is 104 cm³/mol. The molecule has 0 fully saturated rings. The van der Waals surface area contributed by atoms with Crippen LogP contribution in [0.15, 0.2) is 84.9 Å². The van der Waals surface area contributed by atoms with Gasteiger partial charge in [-0.05, 0) is 47.4 Å². The van der Waals surface area contributed by atoms with E-state index in [1.807, 2.05) is 84.9 Å². The van der Waals surface area contributed by atoms with Gasteiger partial charge in [-0.25, -0.2) is 0 Å². The van der Waals surface area contributed by atoms with Gasteiger partial charge in [0, 0.05) is 16.9 Å². The minimum Gasteiger partial charge on any atom is -0.277 e. The van der Waals surface area contributed by atoms with E-state index in [1.165, 1.54) is 5.56 Å². The Morgan fingerprint density at radius 3 is 1.52 bits per heavy atom. The van der Waals surface area contributed by atoms with E-state index >= 15 is 0 Å². The van der Waals surface area contributed by atoms with Gasteiger partial charge in [-0.3, -0.25) is 9.69 Å². The van der Waals surface area contributed by atoms with Gasteiger partial charge in [-0.15, -0.1) is 0 Å². The summed E-state index contributed by atoms with van der Waals surface area (Å²) in [6.07, 6.45) is 0. The molecule has 3 aromatic carbocycles. The highest BCUT2D eigenvalue weighted by molar-refractivity contribution is 6.10. The Hall–Kier alpha value is -2.87. The summed E-state index contributed by atoms with van der Waals surface area (Å²) in [6, 6.07) is 27.4. The van der Waals surface area contributed by atoms with Crippen molar-refractivity contribution in [2.75, 3.05) is 4.90 Å². The van der Waals surface area contributed by atoms with Crippen molar-refractivity contribution in [1.82, 2.24) is 0 Å². The molecule has 0 unspecified atom stereocenters. The lowest BCUT2D eigenvalue weighted by Crippen LogP contribution is -2.26. The molecule has 0 aliphatic carbocycles. The van der Waals surface area contributed by atoms with Gasteiger partial charge in [0.1, 0.15) is 0 Å². The maximum Gasteiger partial charge on any atom is 0.262 e. The number of hydrogen-bond acceptors (Lipinski definition) is 1. The van der Waals surface area contributed by atoms with Crippen LogP contribution < -0.4 is 4.90 Å². The smallest absolute Gasteiger partial charge is 0.262 e. The molecule has 0 spiro atoms. The minimum absolute atomic E-state index is 0.0298. The minimum atomic E-state index is -0.0298. The second-order valence-corrected chi connectivity index (χ2v) is 7.14. The van der Waals surface area contributed by atoms with Gasteiger partial charge >= 0.3 is 0 Å². The molecular weight excluding hydrogens is 306 g/mol. The van der Waals surface area contributed by atoms with Crippen molar-refractivity contribution >= 4 is 17.3 Å². The lowest BCUT2D eigenvalue weighted by Gasteiger charge is -2.24. The highest BCUT2D eigenvalue weighted by Gasteiger charge is 2.20. The van der Waals surface area contributed by atoms with Crippen LogP contribution in [0.5, 0.6) is 0 Å². The zero-order valence-electron chi connectivity index (χ0n) is 14.9. The maximum absolute atomic E-state index is 13.2. The number of carbonyl (C=O) groups is 1. The second-order valence-electron chi connectivity index (χ2n) is 7.14. The molecule has 2 nitrogen and oxygen atoms in total. The Morgan fingerprint density at radius 1 is 0.680 bits per heavy atom. The standard InChI is InChI=1S/C23H23NO/c1-23(2,3)19-16-14-18(15-17-19)22(25)24(20-10-6-4-7-11-20)21-12-8-5-9-13-21/h4-17H,1-3H3. The van der Waals surface area contributed by atoms with E-state index in [1.54, 1.807) is 4.90 Å². The highest BCUT2D eigenvalue weighted by atomic mass is 16.2. The Morgan fingerprint density at radius 2 is 1.12 bits per heavy atom. The van der Waals surface area contributed by atoms with Crippen LogP contribution in [0.2, 0.25) is 0 Å². The average Bonchev–Trinajstić information content (AvgIpc) is 2.63. The second kappa shape index (κ2) is 6.94. The van der Waals surface area contributed by atoms with Crippen molar-refractivity contribution in [1.29, 1.82) is 0 Å². The monoisotopic (exact) mass is 329 g/mol. The number of anilines is 2. The zero-order chi connectivity index (χ0) is 17.9. The molecule has 126 valence electrons. The van der Waals surface area contributed by atoms with Crippen LogP contribution >= 0.6 is 0 Å². The first kappa shape index (κ1) is 17.0. The van der Waals surface area contributed by atoms with E-state index in [0.717, 1.165) is 11.4 Å². The fraction of sp³-hybridized carbons (Fsp3) is 0.174. The zero-order valence-corrected chi connectivity index (χ0v) is 14.9. The number of carbonyl (C=O) groups excluding carboxylic acids is 1. The SMILES string of the molecule is CC(C)(C)c1ccc(C(=O)N(c2ccccc2)c2ccccc2)cc1. The van der Waals surface area contributed by atoms with Crippen molar-refractivity contribution in [3.05, 3.63) is 96.1 Å². The number of benzene rings is 3. The maximum atomic E-state index is 13.2. The summed E-state index contributed by atoms with van der Waals surface area (Å²) in [6.45, 7) is 6.51. The van der Waals surface area contributed by atoms with Crippen molar-refractivity contribution in [3.8, 4) is 0 Å². The molecule has 0 N–H and O–H groups in total. The van der Waals surface area contributed by atoms with Crippen LogP contribution in [0.3, 0.4) is 0 Å². The molecule has 0 saturated carbocycles. The number of nitrogens with zero attached hydrogens (tertiary/aromatic N) is 1. The van der Waals surface area contributed by atoms with Crippen LogP contribution in [0, 0.1) is 0 Å². The first-order valence-electron chi connectivity index (χ1n) is 8.52. The van der Waals surface area contributed by atoms with Crippen molar-refractivity contribution in [2.24, 2.45) is 0 Å². The first-order valence-corrected chi connectivity index (χ1v) is 8.52. The Bertz CT molecular complexity index is 791. The number of hydrogen-bond donors (Lipinski definition) is 0. The molecule has 25 heavy (non-hydrogen) atoms. The summed E-state index contributed by atoms with van der Waals surface area (Å²) in [5, 5.41) is 0. The highest BCUT2D eigenvalue weighted by Crippen LogP contribution is 2.28. The molecule has 0 heterocycles. The van der Waals surface area contributed by atoms with Crippen LogP contribution in [0.4, 0.5) is 11.4 Å². The quantitative estimate of drug-likeness (QED) is 0.580. The van der Waals surface area contributed by atoms with Crippen molar-refractivity contribution in [3.63, 3.8) is 0 Å². The van der Waals surface area contributed by atoms with Gasteiger partial charge < -0.3 is 0 Å². The molecular formula is C23H23NO. The van der Waals surface area contributed by atoms with Gasteiger partial charge in [-0.1, -0.05) is 69.3 Å². The molecule has 2 heteroatoms. The molecule has 0 atom stereocenters. The average molecular weight is 329 g/mol. The number of rotatable bonds is 3. The molecule has 0 bridgehead atoms. The summed E-state index contributed by atoms with van der Waals surface area (Å²) in [5.74, 6) is -0.0298. The summed E-state index contributed by atoms with van der Waals surface area (Å²) in [4.78, 5) is 15.0. The number of amides is 1. The van der Waals surface area contributed by atoms with Crippen molar-refractivity contribution < 1.29 is 4.79 Å². The van der Waals surface area contributed by atoms with E-state index < -0.39 is 0 Å². The Labute approximate surface area is 149 Å². The van der Waals surface area contributed by atoms with Crippen LogP contribution in [-0.4, -0.2) is 5.91 Å². The number of para-hydroxylation sites is 2. The normalized spacial score (nSPS) is 11.2. The van der Waals surface area contributed by atoms with E-state index in [4.69, 9.17) is 0 Å². The molecule has 3 rings (SSSR count). The fourth-order valence-corrected chi connectivity index (χ4v) is 2.78. The van der Waals surface area contributed by atoms with E-state index in [-0.39, 0.29) is 11.3 Å². The molecule has 1 amide bonds. The Balaban J connectivity index is 2.00. The first-order chi connectivity index (χ1) is 12.0. The van der Waals surface area contributed by atoms with E-state index in [2.05, 4.69) is 20.8 Å². The topological polar surface area (TPSA) is 20.3 Å². The molecule has 0 aliphatic heterocycles. The lowest BCUT2D eigenvalue weighted by atomic mass is 9.86. The largest absolute Gasteiger partial charge is 0.277 e. The predicted octanol–water partition coefficient (Wildman–Crippen LogP) is 5.96. The molecule has 3 aromatic rings.